The minimum atomic E-state index is 0.433. The Hall–Kier alpha value is -2.50. The molecular formula is C17H19N5O. The van der Waals surface area contributed by atoms with Crippen LogP contribution in [0.25, 0.3) is 11.3 Å². The van der Waals surface area contributed by atoms with E-state index in [2.05, 4.69) is 20.2 Å². The third kappa shape index (κ3) is 3.02. The maximum Gasteiger partial charge on any atom is 0.229 e. The molecule has 1 aliphatic rings. The highest BCUT2D eigenvalue weighted by Gasteiger charge is 2.21. The van der Waals surface area contributed by atoms with Crippen LogP contribution in [0.1, 0.15) is 49.7 Å². The lowest BCUT2D eigenvalue weighted by molar-refractivity contribution is 0.311. The molecule has 3 heterocycles. The fourth-order valence-corrected chi connectivity index (χ4v) is 3.21. The van der Waals surface area contributed by atoms with Gasteiger partial charge in [0.25, 0.3) is 0 Å². The fourth-order valence-electron chi connectivity index (χ4n) is 3.21. The van der Waals surface area contributed by atoms with Crippen molar-refractivity contribution >= 4 is 0 Å². The number of hydrogen-bond donors (Lipinski definition) is 0. The standard InChI is InChI=1S/C17H19N5O/c1-2-4-14(5-3-1)17-20-16(21-23-17)12-22-15(8-11-19-22)13-6-9-18-10-7-13/h6-11,14H,1-5,12H2. The van der Waals surface area contributed by atoms with Crippen molar-refractivity contribution in [3.63, 3.8) is 0 Å². The van der Waals surface area contributed by atoms with Gasteiger partial charge in [-0.25, -0.2) is 0 Å². The Labute approximate surface area is 134 Å². The summed E-state index contributed by atoms with van der Waals surface area (Å²) in [5, 5.41) is 8.53. The molecule has 3 aromatic rings. The Kier molecular flexibility index (Phi) is 3.88. The molecule has 4 rings (SSSR count). The van der Waals surface area contributed by atoms with Gasteiger partial charge in [0.1, 0.15) is 6.54 Å². The van der Waals surface area contributed by atoms with Crippen molar-refractivity contribution in [3.05, 3.63) is 48.5 Å². The second kappa shape index (κ2) is 6.32. The van der Waals surface area contributed by atoms with Gasteiger partial charge in [-0.3, -0.25) is 9.67 Å². The first-order valence-electron chi connectivity index (χ1n) is 8.15. The summed E-state index contributed by atoms with van der Waals surface area (Å²) in [6, 6.07) is 5.92. The number of hydrogen-bond acceptors (Lipinski definition) is 5. The molecule has 0 N–H and O–H groups in total. The molecule has 0 unspecified atom stereocenters. The zero-order chi connectivity index (χ0) is 15.5. The van der Waals surface area contributed by atoms with Gasteiger partial charge in [-0.05, 0) is 31.0 Å². The second-order valence-corrected chi connectivity index (χ2v) is 5.99. The van der Waals surface area contributed by atoms with Crippen molar-refractivity contribution in [1.82, 2.24) is 24.9 Å². The zero-order valence-corrected chi connectivity index (χ0v) is 12.9. The van der Waals surface area contributed by atoms with Gasteiger partial charge in [0.2, 0.25) is 5.89 Å². The van der Waals surface area contributed by atoms with Crippen LogP contribution >= 0.6 is 0 Å². The summed E-state index contributed by atoms with van der Waals surface area (Å²) in [5.41, 5.74) is 2.10. The predicted molar refractivity (Wildman–Crippen MR) is 84.7 cm³/mol. The maximum atomic E-state index is 5.49. The molecule has 6 heteroatoms. The Bertz CT molecular complexity index is 758. The van der Waals surface area contributed by atoms with Crippen LogP contribution in [0.15, 0.2) is 41.3 Å². The molecule has 1 aliphatic carbocycles. The summed E-state index contributed by atoms with van der Waals surface area (Å²) in [4.78, 5) is 8.65. The van der Waals surface area contributed by atoms with Crippen LogP contribution in [-0.2, 0) is 6.54 Å². The quantitative estimate of drug-likeness (QED) is 0.738. The Morgan fingerprint density at radius 2 is 1.87 bits per heavy atom. The van der Waals surface area contributed by atoms with Crippen molar-refractivity contribution in [3.8, 4) is 11.3 Å². The molecule has 118 valence electrons. The van der Waals surface area contributed by atoms with Gasteiger partial charge in [-0.2, -0.15) is 10.1 Å². The van der Waals surface area contributed by atoms with Gasteiger partial charge in [-0.1, -0.05) is 24.4 Å². The maximum absolute atomic E-state index is 5.49. The van der Waals surface area contributed by atoms with Crippen molar-refractivity contribution in [2.24, 2.45) is 0 Å². The first kappa shape index (κ1) is 14.1. The molecule has 3 aromatic heterocycles. The van der Waals surface area contributed by atoms with E-state index in [0.29, 0.717) is 18.3 Å². The van der Waals surface area contributed by atoms with Crippen LogP contribution in [0.2, 0.25) is 0 Å². The van der Waals surface area contributed by atoms with E-state index in [4.69, 9.17) is 4.52 Å². The largest absolute Gasteiger partial charge is 0.339 e. The Morgan fingerprint density at radius 3 is 2.70 bits per heavy atom. The van der Waals surface area contributed by atoms with E-state index in [9.17, 15) is 0 Å². The predicted octanol–water partition coefficient (Wildman–Crippen LogP) is 3.42. The fraction of sp³-hybridized carbons (Fsp3) is 0.412. The average molecular weight is 309 g/mol. The van der Waals surface area contributed by atoms with Crippen LogP contribution in [0.5, 0.6) is 0 Å². The summed E-state index contributed by atoms with van der Waals surface area (Å²) in [5.74, 6) is 1.91. The van der Waals surface area contributed by atoms with E-state index in [1.165, 1.54) is 19.3 Å². The summed E-state index contributed by atoms with van der Waals surface area (Å²) < 4.78 is 7.38. The van der Waals surface area contributed by atoms with Crippen LogP contribution in [0.4, 0.5) is 0 Å². The Morgan fingerprint density at radius 1 is 1.04 bits per heavy atom. The van der Waals surface area contributed by atoms with Crippen molar-refractivity contribution in [1.29, 1.82) is 0 Å². The molecule has 1 fully saturated rings. The van der Waals surface area contributed by atoms with E-state index < -0.39 is 0 Å². The molecule has 23 heavy (non-hydrogen) atoms. The molecule has 0 radical (unpaired) electrons. The van der Waals surface area contributed by atoms with E-state index in [0.717, 1.165) is 30.0 Å². The SMILES string of the molecule is c1cc(-c2ccnn2Cc2noc(C3CCCCC3)n2)ccn1. The minimum absolute atomic E-state index is 0.433. The van der Waals surface area contributed by atoms with Gasteiger partial charge < -0.3 is 4.52 Å². The summed E-state index contributed by atoms with van der Waals surface area (Å²) in [6.45, 7) is 0.515. The average Bonchev–Trinajstić information content (AvgIpc) is 3.26. The highest BCUT2D eigenvalue weighted by molar-refractivity contribution is 5.58. The third-order valence-electron chi connectivity index (χ3n) is 4.42. The molecule has 0 amide bonds. The normalized spacial score (nSPS) is 15.8. The molecular weight excluding hydrogens is 290 g/mol. The number of pyridine rings is 1. The molecule has 0 bridgehead atoms. The second-order valence-electron chi connectivity index (χ2n) is 5.99. The van der Waals surface area contributed by atoms with Gasteiger partial charge >= 0.3 is 0 Å². The van der Waals surface area contributed by atoms with Crippen LogP contribution < -0.4 is 0 Å². The van der Waals surface area contributed by atoms with Crippen LogP contribution in [0, 0.1) is 0 Å². The first-order chi connectivity index (χ1) is 11.4. The van der Waals surface area contributed by atoms with Crippen molar-refractivity contribution in [2.45, 2.75) is 44.6 Å². The highest BCUT2D eigenvalue weighted by atomic mass is 16.5. The van der Waals surface area contributed by atoms with Crippen molar-refractivity contribution < 1.29 is 4.52 Å². The van der Waals surface area contributed by atoms with Gasteiger partial charge in [0.05, 0.1) is 5.69 Å². The molecule has 0 aromatic carbocycles. The molecule has 1 saturated carbocycles. The summed E-state index contributed by atoms with van der Waals surface area (Å²) >= 11 is 0. The number of rotatable bonds is 4. The molecule has 6 nitrogen and oxygen atoms in total. The van der Waals surface area contributed by atoms with Gasteiger partial charge in [0.15, 0.2) is 5.82 Å². The minimum Gasteiger partial charge on any atom is -0.339 e. The molecule has 0 aliphatic heterocycles. The Balaban J connectivity index is 1.53. The molecule has 0 spiro atoms. The van der Waals surface area contributed by atoms with Gasteiger partial charge in [0, 0.05) is 30.1 Å². The zero-order valence-electron chi connectivity index (χ0n) is 12.9. The van der Waals surface area contributed by atoms with E-state index in [1.807, 2.05) is 22.9 Å². The van der Waals surface area contributed by atoms with E-state index in [1.54, 1.807) is 18.6 Å². The number of aromatic nitrogens is 5. The summed E-state index contributed by atoms with van der Waals surface area (Å²) in [6.07, 6.45) is 11.5. The van der Waals surface area contributed by atoms with Crippen molar-refractivity contribution in [2.75, 3.05) is 0 Å². The number of nitrogens with zero attached hydrogens (tertiary/aromatic N) is 5. The lowest BCUT2D eigenvalue weighted by atomic mass is 9.89. The third-order valence-corrected chi connectivity index (χ3v) is 4.42. The lowest BCUT2D eigenvalue weighted by Gasteiger charge is -2.17. The molecule has 0 saturated heterocycles. The highest BCUT2D eigenvalue weighted by Crippen LogP contribution is 2.31. The molecule has 0 atom stereocenters. The van der Waals surface area contributed by atoms with Gasteiger partial charge in [-0.15, -0.1) is 0 Å². The summed E-state index contributed by atoms with van der Waals surface area (Å²) in [7, 11) is 0. The van der Waals surface area contributed by atoms with E-state index >= 15 is 0 Å². The first-order valence-corrected chi connectivity index (χ1v) is 8.15. The lowest BCUT2D eigenvalue weighted by Crippen LogP contribution is -2.07. The van der Waals surface area contributed by atoms with Crippen LogP contribution in [-0.4, -0.2) is 24.9 Å². The monoisotopic (exact) mass is 309 g/mol. The smallest absolute Gasteiger partial charge is 0.229 e. The van der Waals surface area contributed by atoms with Crippen LogP contribution in [0.3, 0.4) is 0 Å². The van der Waals surface area contributed by atoms with E-state index in [-0.39, 0.29) is 0 Å². The topological polar surface area (TPSA) is 69.6 Å².